The highest BCUT2D eigenvalue weighted by Crippen LogP contribution is 2.23. The van der Waals surface area contributed by atoms with Crippen LogP contribution < -0.4 is 5.32 Å². The largest absolute Gasteiger partial charge is 0.508 e. The lowest BCUT2D eigenvalue weighted by Gasteiger charge is -2.32. The summed E-state index contributed by atoms with van der Waals surface area (Å²) in [7, 11) is 0. The Kier molecular flexibility index (Phi) is 5.46. The van der Waals surface area contributed by atoms with Crippen LogP contribution in [-0.2, 0) is 0 Å². The SMILES string of the molecule is O=C(NC1CCN(C(=O)c2cc(O)cc(O)c2)CC1)c1ccc(Br)cc1. The van der Waals surface area contributed by atoms with Crippen LogP contribution in [0.3, 0.4) is 0 Å². The number of hydrogen-bond donors (Lipinski definition) is 3. The molecule has 2 aromatic rings. The summed E-state index contributed by atoms with van der Waals surface area (Å²) in [4.78, 5) is 26.4. The molecule has 0 bridgehead atoms. The summed E-state index contributed by atoms with van der Waals surface area (Å²) >= 11 is 3.34. The van der Waals surface area contributed by atoms with Crippen molar-refractivity contribution in [2.75, 3.05) is 13.1 Å². The van der Waals surface area contributed by atoms with Gasteiger partial charge >= 0.3 is 0 Å². The molecule has 7 heteroatoms. The zero-order valence-corrected chi connectivity index (χ0v) is 15.6. The molecule has 0 spiro atoms. The highest BCUT2D eigenvalue weighted by Gasteiger charge is 2.25. The molecule has 0 unspecified atom stereocenters. The highest BCUT2D eigenvalue weighted by atomic mass is 79.9. The highest BCUT2D eigenvalue weighted by molar-refractivity contribution is 9.10. The lowest BCUT2D eigenvalue weighted by atomic mass is 10.0. The van der Waals surface area contributed by atoms with E-state index in [0.717, 1.165) is 4.47 Å². The Labute approximate surface area is 159 Å². The number of carbonyl (C=O) groups is 2. The van der Waals surface area contributed by atoms with Crippen LogP contribution in [-0.4, -0.2) is 46.1 Å². The van der Waals surface area contributed by atoms with Gasteiger partial charge in [-0.15, -0.1) is 0 Å². The van der Waals surface area contributed by atoms with Gasteiger partial charge in [-0.05, 0) is 49.2 Å². The molecule has 2 aromatic carbocycles. The number of nitrogens with zero attached hydrogens (tertiary/aromatic N) is 1. The third-order valence-electron chi connectivity index (χ3n) is 4.37. The van der Waals surface area contributed by atoms with Crippen LogP contribution in [0.2, 0.25) is 0 Å². The first-order chi connectivity index (χ1) is 12.4. The maximum atomic E-state index is 12.5. The van der Waals surface area contributed by atoms with E-state index in [0.29, 0.717) is 31.5 Å². The van der Waals surface area contributed by atoms with Gasteiger partial charge in [-0.25, -0.2) is 0 Å². The number of carbonyl (C=O) groups excluding carboxylic acids is 2. The van der Waals surface area contributed by atoms with Crippen molar-refractivity contribution in [3.63, 3.8) is 0 Å². The lowest BCUT2D eigenvalue weighted by Crippen LogP contribution is -2.46. The minimum atomic E-state index is -0.242. The van der Waals surface area contributed by atoms with E-state index in [1.54, 1.807) is 17.0 Å². The van der Waals surface area contributed by atoms with Gasteiger partial charge in [-0.2, -0.15) is 0 Å². The normalized spacial score (nSPS) is 14.9. The molecule has 0 radical (unpaired) electrons. The topological polar surface area (TPSA) is 89.9 Å². The van der Waals surface area contributed by atoms with Gasteiger partial charge in [0.1, 0.15) is 11.5 Å². The first-order valence-corrected chi connectivity index (χ1v) is 9.10. The minimum absolute atomic E-state index is 0.00720. The van der Waals surface area contributed by atoms with Gasteiger partial charge in [0.25, 0.3) is 11.8 Å². The quantitative estimate of drug-likeness (QED) is 0.714. The molecule has 0 atom stereocenters. The standard InChI is InChI=1S/C19H19BrN2O4/c20-14-3-1-12(2-4-14)18(25)21-15-5-7-22(8-6-15)19(26)13-9-16(23)11-17(24)10-13/h1-4,9-11,15,23-24H,5-8H2,(H,21,25). The second kappa shape index (κ2) is 7.78. The Morgan fingerprint density at radius 1 is 0.962 bits per heavy atom. The first-order valence-electron chi connectivity index (χ1n) is 8.31. The summed E-state index contributed by atoms with van der Waals surface area (Å²) in [6, 6.07) is 11.0. The van der Waals surface area contributed by atoms with Crippen molar-refractivity contribution in [1.82, 2.24) is 10.2 Å². The van der Waals surface area contributed by atoms with E-state index >= 15 is 0 Å². The average molecular weight is 419 g/mol. The van der Waals surface area contributed by atoms with Gasteiger partial charge in [0.15, 0.2) is 0 Å². The molecule has 26 heavy (non-hydrogen) atoms. The van der Waals surface area contributed by atoms with Crippen molar-refractivity contribution in [1.29, 1.82) is 0 Å². The van der Waals surface area contributed by atoms with Gasteiger partial charge in [-0.3, -0.25) is 9.59 Å². The van der Waals surface area contributed by atoms with Crippen molar-refractivity contribution in [3.05, 3.63) is 58.1 Å². The van der Waals surface area contributed by atoms with E-state index in [-0.39, 0.29) is 34.9 Å². The third kappa shape index (κ3) is 4.35. The van der Waals surface area contributed by atoms with Crippen LogP contribution in [0.25, 0.3) is 0 Å². The second-order valence-corrected chi connectivity index (χ2v) is 7.20. The molecular weight excluding hydrogens is 400 g/mol. The molecule has 136 valence electrons. The van der Waals surface area contributed by atoms with Crippen LogP contribution in [0.15, 0.2) is 46.9 Å². The van der Waals surface area contributed by atoms with Crippen LogP contribution >= 0.6 is 15.9 Å². The van der Waals surface area contributed by atoms with E-state index in [2.05, 4.69) is 21.2 Å². The second-order valence-electron chi connectivity index (χ2n) is 6.28. The molecule has 6 nitrogen and oxygen atoms in total. The maximum absolute atomic E-state index is 12.5. The number of rotatable bonds is 3. The summed E-state index contributed by atoms with van der Waals surface area (Å²) in [5.74, 6) is -0.663. The fourth-order valence-electron chi connectivity index (χ4n) is 3.00. The fraction of sp³-hybridized carbons (Fsp3) is 0.263. The van der Waals surface area contributed by atoms with Crippen molar-refractivity contribution in [3.8, 4) is 11.5 Å². The first kappa shape index (κ1) is 18.3. The Morgan fingerprint density at radius 2 is 1.54 bits per heavy atom. The van der Waals surface area contributed by atoms with E-state index in [1.807, 2.05) is 12.1 Å². The average Bonchev–Trinajstić information content (AvgIpc) is 2.61. The monoisotopic (exact) mass is 418 g/mol. The number of phenolic OH excluding ortho intramolecular Hbond substituents is 2. The minimum Gasteiger partial charge on any atom is -0.508 e. The number of nitrogens with one attached hydrogen (secondary N) is 1. The molecule has 1 aliphatic heterocycles. The molecule has 1 saturated heterocycles. The van der Waals surface area contributed by atoms with Crippen LogP contribution in [0.5, 0.6) is 11.5 Å². The predicted molar refractivity (Wildman–Crippen MR) is 100 cm³/mol. The van der Waals surface area contributed by atoms with E-state index < -0.39 is 0 Å². The summed E-state index contributed by atoms with van der Waals surface area (Å²) in [5, 5.41) is 22.1. The zero-order valence-electron chi connectivity index (χ0n) is 14.0. The molecule has 0 saturated carbocycles. The Morgan fingerprint density at radius 3 is 2.12 bits per heavy atom. The maximum Gasteiger partial charge on any atom is 0.254 e. The lowest BCUT2D eigenvalue weighted by molar-refractivity contribution is 0.0697. The molecule has 1 heterocycles. The van der Waals surface area contributed by atoms with Crippen LogP contribution in [0.4, 0.5) is 0 Å². The summed E-state index contributed by atoms with van der Waals surface area (Å²) in [6.07, 6.45) is 1.30. The van der Waals surface area contributed by atoms with Gasteiger partial charge in [0.05, 0.1) is 0 Å². The van der Waals surface area contributed by atoms with Gasteiger partial charge < -0.3 is 20.4 Å². The number of likely N-dealkylation sites (tertiary alicyclic amines) is 1. The Hall–Kier alpha value is -2.54. The fourth-order valence-corrected chi connectivity index (χ4v) is 3.26. The summed E-state index contributed by atoms with van der Waals surface area (Å²) in [6.45, 7) is 1.00. The molecule has 0 aromatic heterocycles. The van der Waals surface area contributed by atoms with Crippen molar-refractivity contribution >= 4 is 27.7 Å². The van der Waals surface area contributed by atoms with Crippen LogP contribution in [0, 0.1) is 0 Å². The number of halogens is 1. The summed E-state index contributed by atoms with van der Waals surface area (Å²) < 4.78 is 0.916. The number of amides is 2. The zero-order chi connectivity index (χ0) is 18.7. The number of aromatic hydroxyl groups is 2. The number of phenols is 2. The molecule has 1 aliphatic rings. The Balaban J connectivity index is 1.56. The van der Waals surface area contributed by atoms with E-state index in [4.69, 9.17) is 0 Å². The third-order valence-corrected chi connectivity index (χ3v) is 4.90. The van der Waals surface area contributed by atoms with Crippen LogP contribution in [0.1, 0.15) is 33.6 Å². The molecule has 0 aliphatic carbocycles. The molecule has 3 rings (SSSR count). The number of benzene rings is 2. The van der Waals surface area contributed by atoms with Gasteiger partial charge in [0, 0.05) is 40.8 Å². The van der Waals surface area contributed by atoms with Crippen molar-refractivity contribution in [2.24, 2.45) is 0 Å². The number of piperidine rings is 1. The molecule has 3 N–H and O–H groups in total. The predicted octanol–water partition coefficient (Wildman–Crippen LogP) is 2.89. The molecular formula is C19H19BrN2O4. The smallest absolute Gasteiger partial charge is 0.254 e. The van der Waals surface area contributed by atoms with Crippen molar-refractivity contribution in [2.45, 2.75) is 18.9 Å². The number of hydrogen-bond acceptors (Lipinski definition) is 4. The Bertz CT molecular complexity index is 795. The van der Waals surface area contributed by atoms with E-state index in [1.165, 1.54) is 18.2 Å². The van der Waals surface area contributed by atoms with E-state index in [9.17, 15) is 19.8 Å². The van der Waals surface area contributed by atoms with Crippen molar-refractivity contribution < 1.29 is 19.8 Å². The molecule has 2 amide bonds. The van der Waals surface area contributed by atoms with Gasteiger partial charge in [0.2, 0.25) is 0 Å². The van der Waals surface area contributed by atoms with Gasteiger partial charge in [-0.1, -0.05) is 15.9 Å². The summed E-state index contributed by atoms with van der Waals surface area (Å²) in [5.41, 5.74) is 0.849. The molecule has 1 fully saturated rings.